The Bertz CT molecular complexity index is 194. The van der Waals surface area contributed by atoms with Gasteiger partial charge in [0.1, 0.15) is 6.04 Å². The Morgan fingerprint density at radius 2 is 2.08 bits per heavy atom. The van der Waals surface area contributed by atoms with Gasteiger partial charge in [-0.1, -0.05) is 0 Å². The van der Waals surface area contributed by atoms with Crippen LogP contribution < -0.4 is 5.32 Å². The first-order chi connectivity index (χ1) is 5.99. The molecule has 0 aliphatic heterocycles. The molecule has 0 bridgehead atoms. The van der Waals surface area contributed by atoms with Crippen LogP contribution in [-0.2, 0) is 9.59 Å². The van der Waals surface area contributed by atoms with Gasteiger partial charge in [-0.25, -0.2) is 0 Å². The van der Waals surface area contributed by atoms with E-state index in [4.69, 9.17) is 5.11 Å². The van der Waals surface area contributed by atoms with Gasteiger partial charge in [0.05, 0.1) is 6.54 Å². The minimum atomic E-state index is -0.924. The van der Waals surface area contributed by atoms with Gasteiger partial charge in [0.2, 0.25) is 5.91 Å². The van der Waals surface area contributed by atoms with Crippen LogP contribution in [0.2, 0.25) is 0 Å². The monoisotopic (exact) mass is 188 g/mol. The highest BCUT2D eigenvalue weighted by atomic mass is 16.4. The van der Waals surface area contributed by atoms with Crippen molar-refractivity contribution in [2.45, 2.75) is 19.9 Å². The Morgan fingerprint density at radius 1 is 1.54 bits per heavy atom. The number of carboxylic acid groups (broad SMARTS) is 1. The Hall–Kier alpha value is -1.10. The second kappa shape index (κ2) is 5.53. The normalized spacial score (nSPS) is 12.6. The van der Waals surface area contributed by atoms with Crippen LogP contribution in [0.15, 0.2) is 0 Å². The van der Waals surface area contributed by atoms with Crippen molar-refractivity contribution < 1.29 is 14.7 Å². The van der Waals surface area contributed by atoms with E-state index in [0.29, 0.717) is 6.54 Å². The fourth-order valence-electron chi connectivity index (χ4n) is 0.805. The second-order valence-corrected chi connectivity index (χ2v) is 2.88. The molecule has 13 heavy (non-hydrogen) atoms. The summed E-state index contributed by atoms with van der Waals surface area (Å²) in [6.07, 6.45) is 0. The van der Waals surface area contributed by atoms with Crippen molar-refractivity contribution in [2.75, 3.05) is 20.1 Å². The fraction of sp³-hybridized carbons (Fsp3) is 0.750. The Morgan fingerprint density at radius 3 is 2.46 bits per heavy atom. The van der Waals surface area contributed by atoms with Gasteiger partial charge in [-0.2, -0.15) is 0 Å². The maximum atomic E-state index is 11.0. The molecule has 0 rings (SSSR count). The topological polar surface area (TPSA) is 69.6 Å². The molecule has 5 nitrogen and oxygen atoms in total. The molecule has 1 unspecified atom stereocenters. The average molecular weight is 188 g/mol. The van der Waals surface area contributed by atoms with Crippen LogP contribution in [0.4, 0.5) is 0 Å². The molecule has 76 valence electrons. The van der Waals surface area contributed by atoms with E-state index in [-0.39, 0.29) is 12.5 Å². The minimum absolute atomic E-state index is 0.112. The summed E-state index contributed by atoms with van der Waals surface area (Å²) in [5, 5.41) is 11.2. The summed E-state index contributed by atoms with van der Waals surface area (Å²) in [5.74, 6) is -1.08. The van der Waals surface area contributed by atoms with Gasteiger partial charge in [-0.05, 0) is 20.9 Å². The zero-order chi connectivity index (χ0) is 10.4. The molecule has 2 N–H and O–H groups in total. The van der Waals surface area contributed by atoms with Gasteiger partial charge in [0, 0.05) is 6.54 Å². The van der Waals surface area contributed by atoms with E-state index >= 15 is 0 Å². The fourth-order valence-corrected chi connectivity index (χ4v) is 0.805. The van der Waals surface area contributed by atoms with Gasteiger partial charge in [0.15, 0.2) is 0 Å². The first kappa shape index (κ1) is 11.9. The van der Waals surface area contributed by atoms with E-state index in [9.17, 15) is 9.59 Å². The number of carbonyl (C=O) groups excluding carboxylic acids is 1. The lowest BCUT2D eigenvalue weighted by atomic mass is 10.3. The number of hydrogen-bond acceptors (Lipinski definition) is 3. The molecule has 0 saturated heterocycles. The largest absolute Gasteiger partial charge is 0.480 e. The van der Waals surface area contributed by atoms with E-state index in [1.54, 1.807) is 14.0 Å². The summed E-state index contributed by atoms with van der Waals surface area (Å²) in [6.45, 7) is 4.04. The Kier molecular flexibility index (Phi) is 5.06. The predicted octanol–water partition coefficient (Wildman–Crippen LogP) is -0.473. The molecular weight excluding hydrogens is 172 g/mol. The number of carboxylic acids is 1. The summed E-state index contributed by atoms with van der Waals surface area (Å²) < 4.78 is 0. The molecule has 1 amide bonds. The highest BCUT2D eigenvalue weighted by Gasteiger charge is 2.18. The number of aliphatic carboxylic acids is 1. The van der Waals surface area contributed by atoms with Crippen LogP contribution in [-0.4, -0.2) is 48.1 Å². The van der Waals surface area contributed by atoms with Crippen LogP contribution in [0.25, 0.3) is 0 Å². The molecular formula is C8H16N2O3. The number of nitrogens with zero attached hydrogens (tertiary/aromatic N) is 1. The number of amides is 1. The first-order valence-electron chi connectivity index (χ1n) is 4.18. The van der Waals surface area contributed by atoms with Gasteiger partial charge >= 0.3 is 5.97 Å². The quantitative estimate of drug-likeness (QED) is 0.612. The van der Waals surface area contributed by atoms with Crippen molar-refractivity contribution in [1.29, 1.82) is 0 Å². The molecule has 0 radical (unpaired) electrons. The van der Waals surface area contributed by atoms with E-state index in [2.05, 4.69) is 5.32 Å². The van der Waals surface area contributed by atoms with E-state index < -0.39 is 12.0 Å². The third-order valence-electron chi connectivity index (χ3n) is 1.79. The molecule has 0 spiro atoms. The molecule has 0 aromatic carbocycles. The molecule has 0 heterocycles. The van der Waals surface area contributed by atoms with Gasteiger partial charge in [0.25, 0.3) is 0 Å². The zero-order valence-corrected chi connectivity index (χ0v) is 8.20. The van der Waals surface area contributed by atoms with Crippen molar-refractivity contribution in [3.05, 3.63) is 0 Å². The Labute approximate surface area is 77.7 Å². The molecule has 0 aromatic rings. The number of hydrogen-bond donors (Lipinski definition) is 2. The standard InChI is InChI=1S/C8H16N2O3/c1-4-9-7(11)5-10(3)6(2)8(12)13/h6H,4-5H2,1-3H3,(H,9,11)(H,12,13). The number of nitrogens with one attached hydrogen (secondary N) is 1. The molecule has 0 fully saturated rings. The molecule has 0 aliphatic rings. The summed E-state index contributed by atoms with van der Waals surface area (Å²) in [6, 6.07) is -0.636. The lowest BCUT2D eigenvalue weighted by molar-refractivity contribution is -0.142. The minimum Gasteiger partial charge on any atom is -0.480 e. The maximum absolute atomic E-state index is 11.0. The van der Waals surface area contributed by atoms with Crippen molar-refractivity contribution in [1.82, 2.24) is 10.2 Å². The van der Waals surface area contributed by atoms with Crippen LogP contribution in [0.5, 0.6) is 0 Å². The summed E-state index contributed by atoms with van der Waals surface area (Å²) >= 11 is 0. The zero-order valence-electron chi connectivity index (χ0n) is 8.20. The van der Waals surface area contributed by atoms with Gasteiger partial charge in [-0.15, -0.1) is 0 Å². The lowest BCUT2D eigenvalue weighted by Gasteiger charge is -2.19. The SMILES string of the molecule is CCNC(=O)CN(C)C(C)C(=O)O. The van der Waals surface area contributed by atoms with Crippen molar-refractivity contribution in [3.8, 4) is 0 Å². The van der Waals surface area contributed by atoms with Crippen LogP contribution >= 0.6 is 0 Å². The molecule has 1 atom stereocenters. The van der Waals surface area contributed by atoms with Crippen LogP contribution in [0, 0.1) is 0 Å². The smallest absolute Gasteiger partial charge is 0.320 e. The van der Waals surface area contributed by atoms with E-state index in [1.165, 1.54) is 4.90 Å². The predicted molar refractivity (Wildman–Crippen MR) is 48.4 cm³/mol. The van der Waals surface area contributed by atoms with Gasteiger partial charge < -0.3 is 10.4 Å². The highest BCUT2D eigenvalue weighted by molar-refractivity contribution is 5.79. The van der Waals surface area contributed by atoms with E-state index in [1.807, 2.05) is 6.92 Å². The number of carbonyl (C=O) groups is 2. The molecule has 0 aromatic heterocycles. The van der Waals surface area contributed by atoms with Crippen LogP contribution in [0.1, 0.15) is 13.8 Å². The second-order valence-electron chi connectivity index (χ2n) is 2.88. The molecule has 0 saturated carbocycles. The number of rotatable bonds is 5. The molecule has 5 heteroatoms. The van der Waals surface area contributed by atoms with Crippen molar-refractivity contribution in [3.63, 3.8) is 0 Å². The average Bonchev–Trinajstić information content (AvgIpc) is 2.03. The van der Waals surface area contributed by atoms with Crippen LogP contribution in [0.3, 0.4) is 0 Å². The summed E-state index contributed by atoms with van der Waals surface area (Å²) in [4.78, 5) is 23.0. The Balaban J connectivity index is 3.92. The summed E-state index contributed by atoms with van der Waals surface area (Å²) in [7, 11) is 1.61. The van der Waals surface area contributed by atoms with Crippen molar-refractivity contribution >= 4 is 11.9 Å². The first-order valence-corrected chi connectivity index (χ1v) is 4.18. The van der Waals surface area contributed by atoms with Gasteiger partial charge in [-0.3, -0.25) is 14.5 Å². The number of likely N-dealkylation sites (N-methyl/N-ethyl adjacent to an activating group) is 2. The third-order valence-corrected chi connectivity index (χ3v) is 1.79. The highest BCUT2D eigenvalue weighted by Crippen LogP contribution is 1.94. The maximum Gasteiger partial charge on any atom is 0.320 e. The third kappa shape index (κ3) is 4.47. The molecule has 0 aliphatic carbocycles. The van der Waals surface area contributed by atoms with E-state index in [0.717, 1.165) is 0 Å². The lowest BCUT2D eigenvalue weighted by Crippen LogP contribution is -2.42. The summed E-state index contributed by atoms with van der Waals surface area (Å²) in [5.41, 5.74) is 0. The van der Waals surface area contributed by atoms with Crippen molar-refractivity contribution in [2.24, 2.45) is 0 Å².